The monoisotopic (exact) mass is 656 g/mol. The number of carbonyl (C=O) groups is 1. The van der Waals surface area contributed by atoms with Crippen LogP contribution in [-0.4, -0.2) is 75.0 Å². The number of hydrogen-bond donors (Lipinski definition) is 1. The largest absolute Gasteiger partial charge is 0.480 e. The van der Waals surface area contributed by atoms with Crippen LogP contribution in [0, 0.1) is 11.3 Å². The number of nitrogens with zero attached hydrogens (tertiary/aromatic N) is 6. The van der Waals surface area contributed by atoms with Crippen molar-refractivity contribution >= 4 is 29.0 Å². The van der Waals surface area contributed by atoms with E-state index in [1.54, 1.807) is 19.4 Å². The topological polar surface area (TPSA) is 115 Å². The molecular formula is C35H34Cl2N6O3. The summed E-state index contributed by atoms with van der Waals surface area (Å²) in [6.07, 6.45) is 3.16. The van der Waals surface area contributed by atoms with Crippen molar-refractivity contribution < 1.29 is 14.6 Å². The molecule has 0 bridgehead atoms. The van der Waals surface area contributed by atoms with Gasteiger partial charge >= 0.3 is 0 Å². The zero-order valence-electron chi connectivity index (χ0n) is 25.8. The van der Waals surface area contributed by atoms with Gasteiger partial charge in [0.15, 0.2) is 5.78 Å². The Hall–Kier alpha value is -3.91. The zero-order valence-corrected chi connectivity index (χ0v) is 27.3. The lowest BCUT2D eigenvalue weighted by atomic mass is 9.95. The number of fused-ring (bicyclic) bond motifs is 1. The Morgan fingerprint density at radius 3 is 2.54 bits per heavy atom. The van der Waals surface area contributed by atoms with E-state index in [2.05, 4.69) is 27.8 Å². The molecule has 9 nitrogen and oxygen atoms in total. The van der Waals surface area contributed by atoms with E-state index in [1.807, 2.05) is 36.4 Å². The summed E-state index contributed by atoms with van der Waals surface area (Å²) in [6.45, 7) is 6.30. The van der Waals surface area contributed by atoms with Crippen molar-refractivity contribution in [1.82, 2.24) is 24.8 Å². The molecule has 6 rings (SSSR count). The number of ether oxygens (including phenoxy) is 1. The average Bonchev–Trinajstić information content (AvgIpc) is 3.05. The van der Waals surface area contributed by atoms with Gasteiger partial charge in [0.2, 0.25) is 5.88 Å². The van der Waals surface area contributed by atoms with Crippen molar-refractivity contribution in [2.75, 3.05) is 33.3 Å². The summed E-state index contributed by atoms with van der Waals surface area (Å²) in [5.74, 6) is 0.188. The fourth-order valence-electron chi connectivity index (χ4n) is 6.15. The molecule has 4 heterocycles. The van der Waals surface area contributed by atoms with Gasteiger partial charge in [0.25, 0.3) is 0 Å². The van der Waals surface area contributed by atoms with Gasteiger partial charge in [-0.3, -0.25) is 19.6 Å². The lowest BCUT2D eigenvalue weighted by molar-refractivity contribution is -0.00403. The molecule has 1 fully saturated rings. The van der Waals surface area contributed by atoms with Gasteiger partial charge in [-0.25, -0.2) is 9.97 Å². The van der Waals surface area contributed by atoms with E-state index in [9.17, 15) is 15.2 Å². The molecule has 2 aliphatic rings. The van der Waals surface area contributed by atoms with Crippen molar-refractivity contribution in [1.29, 1.82) is 5.26 Å². The second-order valence-corrected chi connectivity index (χ2v) is 12.5. The van der Waals surface area contributed by atoms with Gasteiger partial charge in [-0.05, 0) is 36.6 Å². The molecule has 0 saturated carbocycles. The number of benzene rings is 2. The second kappa shape index (κ2) is 13.8. The molecule has 1 saturated heterocycles. The van der Waals surface area contributed by atoms with E-state index in [1.165, 1.54) is 0 Å². The van der Waals surface area contributed by atoms with Crippen LogP contribution >= 0.6 is 23.2 Å². The molecular weight excluding hydrogens is 623 g/mol. The number of ketones is 1. The van der Waals surface area contributed by atoms with Gasteiger partial charge in [-0.1, -0.05) is 66.5 Å². The van der Waals surface area contributed by atoms with Crippen LogP contribution in [0.5, 0.6) is 5.88 Å². The van der Waals surface area contributed by atoms with E-state index in [-0.39, 0.29) is 24.0 Å². The number of halogens is 2. The molecule has 1 N–H and O–H groups in total. The number of nitriles is 1. The Morgan fingerprint density at radius 2 is 1.83 bits per heavy atom. The molecule has 0 amide bonds. The number of aromatic nitrogens is 3. The number of β-amino-alcohol motifs (C(OH)–C–C–N with tert-alkyl or cyclic N) is 1. The first-order valence-corrected chi connectivity index (χ1v) is 16.1. The van der Waals surface area contributed by atoms with E-state index in [0.29, 0.717) is 81.3 Å². The number of methoxy groups -OCH3 is 1. The van der Waals surface area contributed by atoms with E-state index < -0.39 is 0 Å². The fraction of sp³-hybridized carbons (Fsp3) is 0.343. The summed E-state index contributed by atoms with van der Waals surface area (Å²) in [7, 11) is 1.55. The summed E-state index contributed by atoms with van der Waals surface area (Å²) >= 11 is 13.9. The lowest BCUT2D eigenvalue weighted by Crippen LogP contribution is -2.50. The van der Waals surface area contributed by atoms with Crippen LogP contribution in [-0.2, 0) is 25.9 Å². The van der Waals surface area contributed by atoms with Crippen LogP contribution in [0.4, 0.5) is 0 Å². The third-order valence-corrected chi connectivity index (χ3v) is 9.37. The number of aliphatic hydroxyl groups is 1. The minimum atomic E-state index is -0.309. The van der Waals surface area contributed by atoms with E-state index >= 15 is 0 Å². The Bertz CT molecular complexity index is 1840. The standard InChI is InChI=1S/C35H34Cl2N6O3/c1-3-11-42-12-10-24-22(15-38)13-28(40-30(24)19-42)32(45)14-21-6-4-7-25(33(21)36)26-8-5-9-27(34(26)37)29-16-39-31(35(41-29)46-2)20-43-17-23(44)18-43/h4-9,13,16,23,44H,3,10-12,14,17-20H2,1-2H3. The highest BCUT2D eigenvalue weighted by Gasteiger charge is 2.27. The van der Waals surface area contributed by atoms with Crippen molar-refractivity contribution in [2.45, 2.75) is 45.4 Å². The van der Waals surface area contributed by atoms with E-state index in [0.717, 1.165) is 37.2 Å². The van der Waals surface area contributed by atoms with Crippen LogP contribution in [0.1, 0.15) is 51.9 Å². The van der Waals surface area contributed by atoms with Gasteiger partial charge < -0.3 is 9.84 Å². The third-order valence-electron chi connectivity index (χ3n) is 8.52. The minimum absolute atomic E-state index is 0.0253. The number of aliphatic hydroxyl groups excluding tert-OH is 1. The highest BCUT2D eigenvalue weighted by atomic mass is 35.5. The lowest BCUT2D eigenvalue weighted by Gasteiger charge is -2.35. The summed E-state index contributed by atoms with van der Waals surface area (Å²) in [5.41, 5.74) is 6.42. The van der Waals surface area contributed by atoms with Crippen molar-refractivity contribution in [3.63, 3.8) is 0 Å². The highest BCUT2D eigenvalue weighted by Crippen LogP contribution is 2.40. The predicted molar refractivity (Wildman–Crippen MR) is 177 cm³/mol. The Labute approximate surface area is 278 Å². The van der Waals surface area contributed by atoms with E-state index in [4.69, 9.17) is 37.9 Å². The normalized spacial score (nSPS) is 15.2. The maximum Gasteiger partial charge on any atom is 0.237 e. The van der Waals surface area contributed by atoms with Gasteiger partial charge in [0, 0.05) is 55.8 Å². The molecule has 2 aliphatic heterocycles. The minimum Gasteiger partial charge on any atom is -0.480 e. The van der Waals surface area contributed by atoms with Crippen molar-refractivity contribution in [3.05, 3.63) is 92.5 Å². The third kappa shape index (κ3) is 6.50. The molecule has 236 valence electrons. The number of rotatable bonds is 10. The maximum absolute atomic E-state index is 13.6. The molecule has 2 aromatic carbocycles. The van der Waals surface area contributed by atoms with Gasteiger partial charge in [0.1, 0.15) is 11.4 Å². The molecule has 46 heavy (non-hydrogen) atoms. The number of likely N-dealkylation sites (tertiary alicyclic amines) is 1. The smallest absolute Gasteiger partial charge is 0.237 e. The Balaban J connectivity index is 1.27. The first kappa shape index (κ1) is 32.0. The maximum atomic E-state index is 13.6. The van der Waals surface area contributed by atoms with Crippen molar-refractivity contribution in [3.8, 4) is 34.3 Å². The molecule has 4 aromatic rings. The second-order valence-electron chi connectivity index (χ2n) is 11.7. The molecule has 0 atom stereocenters. The summed E-state index contributed by atoms with van der Waals surface area (Å²) in [5, 5.41) is 20.3. The Morgan fingerprint density at radius 1 is 1.09 bits per heavy atom. The predicted octanol–water partition coefficient (Wildman–Crippen LogP) is 5.76. The SMILES string of the molecule is CCCN1CCc2c(C#N)cc(C(=O)Cc3cccc(-c4cccc(-c5cnc(CN6CC(O)C6)c(OC)n5)c4Cl)c3Cl)nc2C1. The molecule has 2 aromatic heterocycles. The molecule has 0 spiro atoms. The molecule has 0 radical (unpaired) electrons. The fourth-order valence-corrected chi connectivity index (χ4v) is 6.77. The van der Waals surface area contributed by atoms with Crippen LogP contribution in [0.15, 0.2) is 48.7 Å². The molecule has 11 heteroatoms. The molecule has 0 unspecified atom stereocenters. The van der Waals surface area contributed by atoms with Gasteiger partial charge in [-0.15, -0.1) is 0 Å². The summed E-state index contributed by atoms with van der Waals surface area (Å²) < 4.78 is 5.54. The van der Waals surface area contributed by atoms with Gasteiger partial charge in [0.05, 0.1) is 52.5 Å². The highest BCUT2D eigenvalue weighted by molar-refractivity contribution is 6.38. The number of pyridine rings is 1. The summed E-state index contributed by atoms with van der Waals surface area (Å²) in [4.78, 5) is 31.9. The number of Topliss-reactive ketones (excluding diaryl/α,β-unsaturated/α-hetero) is 1. The zero-order chi connectivity index (χ0) is 32.4. The van der Waals surface area contributed by atoms with Crippen LogP contribution < -0.4 is 4.74 Å². The van der Waals surface area contributed by atoms with Crippen LogP contribution in [0.25, 0.3) is 22.4 Å². The van der Waals surface area contributed by atoms with Crippen LogP contribution in [0.3, 0.4) is 0 Å². The number of hydrogen-bond acceptors (Lipinski definition) is 9. The molecule has 0 aliphatic carbocycles. The average molecular weight is 658 g/mol. The number of carbonyl (C=O) groups excluding carboxylic acids is 1. The van der Waals surface area contributed by atoms with Crippen LogP contribution in [0.2, 0.25) is 10.0 Å². The first-order valence-electron chi connectivity index (χ1n) is 15.3. The quantitative estimate of drug-likeness (QED) is 0.213. The first-order chi connectivity index (χ1) is 22.3. The van der Waals surface area contributed by atoms with Crippen molar-refractivity contribution in [2.24, 2.45) is 0 Å². The Kier molecular flexibility index (Phi) is 9.64. The van der Waals surface area contributed by atoms with Gasteiger partial charge in [-0.2, -0.15) is 5.26 Å². The summed E-state index contributed by atoms with van der Waals surface area (Å²) in [6, 6.07) is 15.0.